The molecular weight excluding hydrogens is 307 g/mol. The van der Waals surface area contributed by atoms with Gasteiger partial charge >= 0.3 is 0 Å². The summed E-state index contributed by atoms with van der Waals surface area (Å²) in [5, 5.41) is 7.41. The lowest BCUT2D eigenvalue weighted by molar-refractivity contribution is -0.124. The third-order valence-electron chi connectivity index (χ3n) is 3.17. The minimum Gasteiger partial charge on any atom is -0.355 e. The van der Waals surface area contributed by atoms with E-state index in [1.165, 1.54) is 0 Å². The molecule has 1 saturated heterocycles. The Balaban J connectivity index is 0.00000180. The van der Waals surface area contributed by atoms with Crippen LogP contribution in [0.2, 0.25) is 10.0 Å². The van der Waals surface area contributed by atoms with Crippen LogP contribution in [0, 0.1) is 5.92 Å². The van der Waals surface area contributed by atoms with Crippen molar-refractivity contribution in [3.05, 3.63) is 33.8 Å². The van der Waals surface area contributed by atoms with Crippen LogP contribution in [0.5, 0.6) is 0 Å². The van der Waals surface area contributed by atoms with Crippen molar-refractivity contribution in [2.75, 3.05) is 19.6 Å². The van der Waals surface area contributed by atoms with Crippen LogP contribution in [-0.4, -0.2) is 25.5 Å². The van der Waals surface area contributed by atoms with Gasteiger partial charge in [0, 0.05) is 23.1 Å². The Morgan fingerprint density at radius 1 is 1.37 bits per heavy atom. The number of carbonyl (C=O) groups excluding carboxylic acids is 1. The second-order valence-electron chi connectivity index (χ2n) is 4.43. The van der Waals surface area contributed by atoms with Crippen LogP contribution in [0.25, 0.3) is 0 Å². The lowest BCUT2D eigenvalue weighted by atomic mass is 10.1. The molecule has 1 aromatic rings. The van der Waals surface area contributed by atoms with E-state index in [0.29, 0.717) is 23.0 Å². The Morgan fingerprint density at radius 3 is 2.63 bits per heavy atom. The minimum atomic E-state index is 0. The maximum absolute atomic E-state index is 11.8. The highest BCUT2D eigenvalue weighted by molar-refractivity contribution is 6.35. The second kappa shape index (κ2) is 7.95. The molecule has 1 amide bonds. The molecule has 0 aromatic heterocycles. The lowest BCUT2D eigenvalue weighted by Gasteiger charge is -2.11. The zero-order valence-electron chi connectivity index (χ0n) is 10.4. The first-order valence-electron chi connectivity index (χ1n) is 6.10. The molecule has 1 fully saturated rings. The maximum Gasteiger partial charge on any atom is 0.224 e. The molecule has 1 heterocycles. The van der Waals surface area contributed by atoms with E-state index in [9.17, 15) is 4.79 Å². The van der Waals surface area contributed by atoms with E-state index >= 15 is 0 Å². The summed E-state index contributed by atoms with van der Waals surface area (Å²) < 4.78 is 0. The van der Waals surface area contributed by atoms with E-state index in [1.54, 1.807) is 0 Å². The van der Waals surface area contributed by atoms with Crippen molar-refractivity contribution >= 4 is 41.5 Å². The van der Waals surface area contributed by atoms with Crippen LogP contribution in [0.3, 0.4) is 0 Å². The van der Waals surface area contributed by atoms with Crippen molar-refractivity contribution in [3.63, 3.8) is 0 Å². The molecule has 0 radical (unpaired) electrons. The van der Waals surface area contributed by atoms with Gasteiger partial charge in [0.15, 0.2) is 0 Å². The smallest absolute Gasteiger partial charge is 0.224 e. The number of rotatable bonds is 4. The van der Waals surface area contributed by atoms with Crippen molar-refractivity contribution in [2.45, 2.75) is 12.8 Å². The largest absolute Gasteiger partial charge is 0.355 e. The fourth-order valence-corrected chi connectivity index (χ4v) is 2.69. The average molecular weight is 324 g/mol. The van der Waals surface area contributed by atoms with E-state index in [0.717, 1.165) is 25.1 Å². The summed E-state index contributed by atoms with van der Waals surface area (Å²) in [6.07, 6.45) is 1.57. The first kappa shape index (κ1) is 16.6. The number of nitrogens with one attached hydrogen (secondary N) is 2. The van der Waals surface area contributed by atoms with Crippen LogP contribution in [0.15, 0.2) is 18.2 Å². The average Bonchev–Trinajstić information content (AvgIpc) is 2.86. The van der Waals surface area contributed by atoms with E-state index in [1.807, 2.05) is 18.2 Å². The topological polar surface area (TPSA) is 41.1 Å². The molecule has 6 heteroatoms. The summed E-state index contributed by atoms with van der Waals surface area (Å²) in [4.78, 5) is 11.8. The standard InChI is InChI=1S/C13H16Cl2N2O.ClH/c14-11-2-1-3-12(15)10(11)5-7-17-13(18)9-4-6-16-8-9;/h1-3,9,16H,4-8H2,(H,17,18);1H. The van der Waals surface area contributed by atoms with E-state index in [2.05, 4.69) is 10.6 Å². The molecule has 1 aliphatic heterocycles. The number of benzene rings is 1. The lowest BCUT2D eigenvalue weighted by Crippen LogP contribution is -2.33. The highest BCUT2D eigenvalue weighted by Gasteiger charge is 2.21. The van der Waals surface area contributed by atoms with Gasteiger partial charge in [-0.3, -0.25) is 4.79 Å². The SMILES string of the molecule is Cl.O=C(NCCc1c(Cl)cccc1Cl)C1CCNC1. The Labute approximate surface area is 129 Å². The summed E-state index contributed by atoms with van der Waals surface area (Å²) in [6.45, 7) is 2.27. The molecule has 1 aliphatic rings. The quantitative estimate of drug-likeness (QED) is 0.894. The van der Waals surface area contributed by atoms with Crippen molar-refractivity contribution < 1.29 is 4.79 Å². The van der Waals surface area contributed by atoms with Gasteiger partial charge in [-0.1, -0.05) is 29.3 Å². The third-order valence-corrected chi connectivity index (χ3v) is 3.88. The van der Waals surface area contributed by atoms with Gasteiger partial charge in [0.05, 0.1) is 5.92 Å². The molecule has 2 N–H and O–H groups in total. The molecule has 1 unspecified atom stereocenters. The van der Waals surface area contributed by atoms with Crippen LogP contribution >= 0.6 is 35.6 Å². The number of hydrogen-bond donors (Lipinski definition) is 2. The molecule has 0 bridgehead atoms. The van der Waals surface area contributed by atoms with Crippen molar-refractivity contribution in [1.29, 1.82) is 0 Å². The monoisotopic (exact) mass is 322 g/mol. The fraction of sp³-hybridized carbons (Fsp3) is 0.462. The molecule has 1 atom stereocenters. The number of halogens is 3. The number of hydrogen-bond acceptors (Lipinski definition) is 2. The zero-order valence-corrected chi connectivity index (χ0v) is 12.7. The van der Waals surface area contributed by atoms with Crippen LogP contribution < -0.4 is 10.6 Å². The molecule has 19 heavy (non-hydrogen) atoms. The number of amides is 1. The molecule has 0 saturated carbocycles. The Hall–Kier alpha value is -0.480. The molecule has 2 rings (SSSR count). The Morgan fingerprint density at radius 2 is 2.05 bits per heavy atom. The van der Waals surface area contributed by atoms with Crippen molar-refractivity contribution in [1.82, 2.24) is 10.6 Å². The summed E-state index contributed by atoms with van der Waals surface area (Å²) in [7, 11) is 0. The number of carbonyl (C=O) groups is 1. The molecule has 106 valence electrons. The molecule has 0 aliphatic carbocycles. The zero-order chi connectivity index (χ0) is 13.0. The van der Waals surface area contributed by atoms with Gasteiger partial charge < -0.3 is 10.6 Å². The first-order chi connectivity index (χ1) is 8.68. The molecule has 3 nitrogen and oxygen atoms in total. The minimum absolute atomic E-state index is 0. The predicted molar refractivity (Wildman–Crippen MR) is 81.4 cm³/mol. The van der Waals surface area contributed by atoms with Crippen molar-refractivity contribution in [3.8, 4) is 0 Å². The maximum atomic E-state index is 11.8. The van der Waals surface area contributed by atoms with Gasteiger partial charge in [-0.15, -0.1) is 12.4 Å². The van der Waals surface area contributed by atoms with Crippen molar-refractivity contribution in [2.24, 2.45) is 5.92 Å². The highest BCUT2D eigenvalue weighted by atomic mass is 35.5. The summed E-state index contributed by atoms with van der Waals surface area (Å²) in [6, 6.07) is 5.44. The second-order valence-corrected chi connectivity index (χ2v) is 5.25. The summed E-state index contributed by atoms with van der Waals surface area (Å²) in [5.74, 6) is 0.217. The Bertz CT molecular complexity index is 414. The summed E-state index contributed by atoms with van der Waals surface area (Å²) >= 11 is 12.1. The highest BCUT2D eigenvalue weighted by Crippen LogP contribution is 2.24. The van der Waals surface area contributed by atoms with Gasteiger partial charge in [-0.05, 0) is 37.1 Å². The van der Waals surface area contributed by atoms with Crippen LogP contribution in [0.1, 0.15) is 12.0 Å². The van der Waals surface area contributed by atoms with Crippen LogP contribution in [-0.2, 0) is 11.2 Å². The molecular formula is C13H17Cl3N2O. The van der Waals surface area contributed by atoms with E-state index in [-0.39, 0.29) is 24.2 Å². The summed E-state index contributed by atoms with van der Waals surface area (Å²) in [5.41, 5.74) is 0.894. The predicted octanol–water partition coefficient (Wildman–Crippen LogP) is 2.68. The van der Waals surface area contributed by atoms with Crippen LogP contribution in [0.4, 0.5) is 0 Å². The third kappa shape index (κ3) is 4.53. The van der Waals surface area contributed by atoms with E-state index < -0.39 is 0 Å². The van der Waals surface area contributed by atoms with E-state index in [4.69, 9.17) is 23.2 Å². The molecule has 0 spiro atoms. The van der Waals surface area contributed by atoms with Gasteiger partial charge in [-0.25, -0.2) is 0 Å². The van der Waals surface area contributed by atoms with Gasteiger partial charge in [-0.2, -0.15) is 0 Å². The normalized spacial score (nSPS) is 17.9. The first-order valence-corrected chi connectivity index (χ1v) is 6.85. The van der Waals surface area contributed by atoms with Gasteiger partial charge in [0.25, 0.3) is 0 Å². The van der Waals surface area contributed by atoms with Gasteiger partial charge in [0.1, 0.15) is 0 Å². The Kier molecular flexibility index (Phi) is 6.94. The fourth-order valence-electron chi connectivity index (χ4n) is 2.10. The van der Waals surface area contributed by atoms with Gasteiger partial charge in [0.2, 0.25) is 5.91 Å². The molecule has 1 aromatic carbocycles.